The second-order valence-electron chi connectivity index (χ2n) is 5.64. The van der Waals surface area contributed by atoms with E-state index in [1.54, 1.807) is 13.3 Å². The lowest BCUT2D eigenvalue weighted by Gasteiger charge is -2.20. The van der Waals surface area contributed by atoms with E-state index in [-0.39, 0.29) is 12.5 Å². The highest BCUT2D eigenvalue weighted by Gasteiger charge is 2.02. The maximum Gasteiger partial charge on any atom is 0.259 e. The Morgan fingerprint density at radius 2 is 1.88 bits per heavy atom. The number of amides is 1. The van der Waals surface area contributed by atoms with Crippen molar-refractivity contribution in [1.29, 1.82) is 0 Å². The second-order valence-corrected chi connectivity index (χ2v) is 5.64. The third-order valence-electron chi connectivity index (χ3n) is 3.95. The Balaban J connectivity index is 1.81. The molecule has 0 fully saturated rings. The summed E-state index contributed by atoms with van der Waals surface area (Å²) in [5.41, 5.74) is 5.44. The number of carbonyl (C=O) groups is 1. The molecule has 0 unspecified atom stereocenters. The maximum absolute atomic E-state index is 11.9. The largest absolute Gasteiger partial charge is 0.497 e. The molecule has 0 bridgehead atoms. The fourth-order valence-corrected chi connectivity index (χ4v) is 2.49. The lowest BCUT2D eigenvalue weighted by atomic mass is 10.2. The summed E-state index contributed by atoms with van der Waals surface area (Å²) in [5.74, 6) is 0.519. The van der Waals surface area contributed by atoms with E-state index in [9.17, 15) is 4.79 Å². The Labute approximate surface area is 154 Å². The summed E-state index contributed by atoms with van der Waals surface area (Å²) < 4.78 is 5.15. The maximum atomic E-state index is 11.9. The number of nitrogens with one attached hydrogen (secondary N) is 2. The molecule has 26 heavy (non-hydrogen) atoms. The van der Waals surface area contributed by atoms with E-state index in [4.69, 9.17) is 4.74 Å². The average Bonchev–Trinajstić information content (AvgIpc) is 2.68. The molecule has 0 saturated heterocycles. The number of hydrogen-bond acceptors (Lipinski definition) is 5. The number of benzene rings is 2. The summed E-state index contributed by atoms with van der Waals surface area (Å²) in [5, 5.41) is 7.03. The van der Waals surface area contributed by atoms with Crippen LogP contribution in [0.4, 0.5) is 11.4 Å². The highest BCUT2D eigenvalue weighted by molar-refractivity contribution is 5.84. The second kappa shape index (κ2) is 10.1. The van der Waals surface area contributed by atoms with Crippen molar-refractivity contribution in [2.24, 2.45) is 5.10 Å². The van der Waals surface area contributed by atoms with Gasteiger partial charge in [-0.3, -0.25) is 4.79 Å². The van der Waals surface area contributed by atoms with Crippen molar-refractivity contribution >= 4 is 23.5 Å². The third-order valence-corrected chi connectivity index (χ3v) is 3.95. The van der Waals surface area contributed by atoms with Crippen LogP contribution >= 0.6 is 0 Å². The first-order chi connectivity index (χ1) is 12.7. The molecule has 0 aromatic heterocycles. The first-order valence-electron chi connectivity index (χ1n) is 8.71. The normalized spacial score (nSPS) is 10.6. The minimum absolute atomic E-state index is 0.130. The van der Waals surface area contributed by atoms with Crippen LogP contribution in [0.2, 0.25) is 0 Å². The van der Waals surface area contributed by atoms with Gasteiger partial charge in [0.2, 0.25) is 0 Å². The smallest absolute Gasteiger partial charge is 0.259 e. The molecule has 6 nitrogen and oxygen atoms in total. The van der Waals surface area contributed by atoms with E-state index < -0.39 is 0 Å². The molecule has 0 aliphatic rings. The van der Waals surface area contributed by atoms with Crippen LogP contribution in [0.15, 0.2) is 53.6 Å². The van der Waals surface area contributed by atoms with Gasteiger partial charge in [0.1, 0.15) is 5.75 Å². The van der Waals surface area contributed by atoms with E-state index >= 15 is 0 Å². The van der Waals surface area contributed by atoms with Crippen molar-refractivity contribution in [2.75, 3.05) is 37.0 Å². The van der Waals surface area contributed by atoms with Gasteiger partial charge in [0.05, 0.1) is 19.9 Å². The standard InChI is InChI=1S/C20H26N4O2/c1-4-24(5-2)18-11-9-16(10-12-18)14-22-23-20(25)15-21-17-7-6-8-19(13-17)26-3/h6-14,21H,4-5,15H2,1-3H3,(H,23,25)/b22-14-. The molecule has 0 spiro atoms. The molecule has 0 heterocycles. The molecule has 2 aromatic carbocycles. The lowest BCUT2D eigenvalue weighted by molar-refractivity contribution is -0.119. The van der Waals surface area contributed by atoms with Crippen molar-refractivity contribution in [2.45, 2.75) is 13.8 Å². The van der Waals surface area contributed by atoms with Crippen LogP contribution in [0.1, 0.15) is 19.4 Å². The van der Waals surface area contributed by atoms with Crippen LogP contribution in [0.5, 0.6) is 5.75 Å². The van der Waals surface area contributed by atoms with Gasteiger partial charge in [0, 0.05) is 30.5 Å². The number of rotatable bonds is 9. The number of hydrogen-bond donors (Lipinski definition) is 2. The minimum atomic E-state index is -0.219. The Morgan fingerprint density at radius 1 is 1.15 bits per heavy atom. The predicted octanol–water partition coefficient (Wildman–Crippen LogP) is 3.10. The predicted molar refractivity (Wildman–Crippen MR) is 107 cm³/mol. The van der Waals surface area contributed by atoms with E-state index in [0.29, 0.717) is 0 Å². The molecule has 0 atom stereocenters. The zero-order valence-electron chi connectivity index (χ0n) is 15.5. The molecule has 138 valence electrons. The Kier molecular flexibility index (Phi) is 7.49. The summed E-state index contributed by atoms with van der Waals surface area (Å²) in [7, 11) is 1.61. The first-order valence-corrected chi connectivity index (χ1v) is 8.71. The highest BCUT2D eigenvalue weighted by atomic mass is 16.5. The minimum Gasteiger partial charge on any atom is -0.497 e. The van der Waals surface area contributed by atoms with E-state index in [0.717, 1.165) is 30.1 Å². The van der Waals surface area contributed by atoms with Crippen LogP contribution in [0.25, 0.3) is 0 Å². The third kappa shape index (κ3) is 5.81. The van der Waals surface area contributed by atoms with Gasteiger partial charge in [-0.25, -0.2) is 5.43 Å². The average molecular weight is 354 g/mol. The van der Waals surface area contributed by atoms with Crippen LogP contribution in [0, 0.1) is 0 Å². The van der Waals surface area contributed by atoms with Gasteiger partial charge in [-0.15, -0.1) is 0 Å². The highest BCUT2D eigenvalue weighted by Crippen LogP contribution is 2.16. The molecule has 2 aromatic rings. The number of nitrogens with zero attached hydrogens (tertiary/aromatic N) is 2. The molecule has 2 N–H and O–H groups in total. The number of carbonyl (C=O) groups excluding carboxylic acids is 1. The Bertz CT molecular complexity index is 725. The zero-order chi connectivity index (χ0) is 18.8. The number of methoxy groups -OCH3 is 1. The van der Waals surface area contributed by atoms with E-state index in [2.05, 4.69) is 46.7 Å². The van der Waals surface area contributed by atoms with Gasteiger partial charge in [0.15, 0.2) is 0 Å². The van der Waals surface area contributed by atoms with Gasteiger partial charge in [-0.2, -0.15) is 5.10 Å². The number of hydrazone groups is 1. The van der Waals surface area contributed by atoms with Crippen LogP contribution in [-0.2, 0) is 4.79 Å². The van der Waals surface area contributed by atoms with E-state index in [1.165, 1.54) is 5.69 Å². The molecular formula is C20H26N4O2. The molecule has 1 amide bonds. The van der Waals surface area contributed by atoms with Gasteiger partial charge in [-0.05, 0) is 43.7 Å². The fraction of sp³-hybridized carbons (Fsp3) is 0.300. The Hall–Kier alpha value is -3.02. The SMILES string of the molecule is CCN(CC)c1ccc(/C=N\NC(=O)CNc2cccc(OC)c2)cc1. The van der Waals surface area contributed by atoms with Crippen LogP contribution < -0.4 is 20.4 Å². The summed E-state index contributed by atoms with van der Waals surface area (Å²) in [6.07, 6.45) is 1.63. The first kappa shape index (κ1) is 19.3. The molecule has 2 rings (SSSR count). The van der Waals surface area contributed by atoms with Crippen molar-refractivity contribution in [1.82, 2.24) is 5.43 Å². The molecule has 0 radical (unpaired) electrons. The van der Waals surface area contributed by atoms with Crippen molar-refractivity contribution in [3.05, 3.63) is 54.1 Å². The van der Waals surface area contributed by atoms with Crippen molar-refractivity contribution in [3.8, 4) is 5.75 Å². The fourth-order valence-electron chi connectivity index (χ4n) is 2.49. The van der Waals surface area contributed by atoms with Gasteiger partial charge in [0.25, 0.3) is 5.91 Å². The quantitative estimate of drug-likeness (QED) is 0.536. The monoisotopic (exact) mass is 354 g/mol. The van der Waals surface area contributed by atoms with Crippen LogP contribution in [-0.4, -0.2) is 38.9 Å². The zero-order valence-corrected chi connectivity index (χ0v) is 15.5. The summed E-state index contributed by atoms with van der Waals surface area (Å²) in [6.45, 7) is 6.34. The molecule has 0 aliphatic carbocycles. The van der Waals surface area contributed by atoms with Gasteiger partial charge < -0.3 is 15.0 Å². The molecule has 0 saturated carbocycles. The summed E-state index contributed by atoms with van der Waals surface area (Å²) >= 11 is 0. The summed E-state index contributed by atoms with van der Waals surface area (Å²) in [6, 6.07) is 15.5. The molecular weight excluding hydrogens is 328 g/mol. The van der Waals surface area contributed by atoms with Gasteiger partial charge >= 0.3 is 0 Å². The number of ether oxygens (including phenoxy) is 1. The molecule has 6 heteroatoms. The molecule has 0 aliphatic heterocycles. The van der Waals surface area contributed by atoms with Crippen molar-refractivity contribution < 1.29 is 9.53 Å². The van der Waals surface area contributed by atoms with E-state index in [1.807, 2.05) is 36.4 Å². The van der Waals surface area contributed by atoms with Crippen molar-refractivity contribution in [3.63, 3.8) is 0 Å². The summed E-state index contributed by atoms with van der Waals surface area (Å²) in [4.78, 5) is 14.1. The van der Waals surface area contributed by atoms with Crippen LogP contribution in [0.3, 0.4) is 0 Å². The number of anilines is 2. The Morgan fingerprint density at radius 3 is 2.54 bits per heavy atom. The lowest BCUT2D eigenvalue weighted by Crippen LogP contribution is -2.25. The van der Waals surface area contributed by atoms with Gasteiger partial charge in [-0.1, -0.05) is 18.2 Å². The topological polar surface area (TPSA) is 66.0 Å².